The number of nitrogens with one attached hydrogen (secondary N) is 1. The quantitative estimate of drug-likeness (QED) is 0.818. The SMILES string of the molecule is CC(C)c1cc(N2CCCNCC2)ncn1. The third kappa shape index (κ3) is 2.70. The van der Waals surface area contributed by atoms with Gasteiger partial charge in [-0.3, -0.25) is 0 Å². The van der Waals surface area contributed by atoms with E-state index >= 15 is 0 Å². The van der Waals surface area contributed by atoms with Crippen LogP contribution in [0, 0.1) is 0 Å². The summed E-state index contributed by atoms with van der Waals surface area (Å²) in [6.45, 7) is 8.60. The van der Waals surface area contributed by atoms with Gasteiger partial charge in [-0.2, -0.15) is 0 Å². The molecule has 0 radical (unpaired) electrons. The van der Waals surface area contributed by atoms with Crippen LogP contribution in [-0.2, 0) is 0 Å². The highest BCUT2D eigenvalue weighted by molar-refractivity contribution is 5.39. The summed E-state index contributed by atoms with van der Waals surface area (Å²) in [5.74, 6) is 1.54. The van der Waals surface area contributed by atoms with Gasteiger partial charge in [-0.15, -0.1) is 0 Å². The van der Waals surface area contributed by atoms with Crippen molar-refractivity contribution in [1.82, 2.24) is 15.3 Å². The van der Waals surface area contributed by atoms with Crippen molar-refractivity contribution >= 4 is 5.82 Å². The van der Waals surface area contributed by atoms with Crippen LogP contribution in [0.15, 0.2) is 12.4 Å². The Kier molecular flexibility index (Phi) is 3.72. The second-order valence-electron chi connectivity index (χ2n) is 4.55. The molecule has 4 nitrogen and oxygen atoms in total. The summed E-state index contributed by atoms with van der Waals surface area (Å²) in [4.78, 5) is 11.0. The summed E-state index contributed by atoms with van der Waals surface area (Å²) in [6.07, 6.45) is 2.87. The molecule has 88 valence electrons. The predicted octanol–water partition coefficient (Wildman–Crippen LogP) is 1.40. The van der Waals surface area contributed by atoms with Gasteiger partial charge in [0.1, 0.15) is 12.1 Å². The first-order valence-corrected chi connectivity index (χ1v) is 6.05. The van der Waals surface area contributed by atoms with Crippen LogP contribution in [0.25, 0.3) is 0 Å². The minimum absolute atomic E-state index is 0.465. The molecule has 1 N–H and O–H groups in total. The van der Waals surface area contributed by atoms with Crippen LogP contribution in [0.2, 0.25) is 0 Å². The molecular weight excluding hydrogens is 200 g/mol. The predicted molar refractivity (Wildman–Crippen MR) is 65.8 cm³/mol. The molecule has 0 aromatic carbocycles. The van der Waals surface area contributed by atoms with E-state index in [9.17, 15) is 0 Å². The van der Waals surface area contributed by atoms with Gasteiger partial charge in [0.25, 0.3) is 0 Å². The lowest BCUT2D eigenvalue weighted by Gasteiger charge is -2.21. The molecule has 1 aromatic rings. The second-order valence-corrected chi connectivity index (χ2v) is 4.55. The highest BCUT2D eigenvalue weighted by Crippen LogP contribution is 2.17. The molecule has 0 amide bonds. The topological polar surface area (TPSA) is 41.0 Å². The minimum Gasteiger partial charge on any atom is -0.355 e. The van der Waals surface area contributed by atoms with Gasteiger partial charge in [0.05, 0.1) is 0 Å². The highest BCUT2D eigenvalue weighted by atomic mass is 15.2. The van der Waals surface area contributed by atoms with Crippen molar-refractivity contribution < 1.29 is 0 Å². The van der Waals surface area contributed by atoms with E-state index in [-0.39, 0.29) is 0 Å². The Morgan fingerprint density at radius 3 is 2.94 bits per heavy atom. The Hall–Kier alpha value is -1.16. The molecule has 1 fully saturated rings. The summed E-state index contributed by atoms with van der Waals surface area (Å²) in [5.41, 5.74) is 1.13. The molecule has 4 heteroatoms. The fourth-order valence-corrected chi connectivity index (χ4v) is 1.93. The molecule has 0 aliphatic carbocycles. The second kappa shape index (κ2) is 5.25. The lowest BCUT2D eigenvalue weighted by atomic mass is 10.1. The number of aromatic nitrogens is 2. The van der Waals surface area contributed by atoms with Crippen molar-refractivity contribution in [3.8, 4) is 0 Å². The van der Waals surface area contributed by atoms with Crippen molar-refractivity contribution in [2.75, 3.05) is 31.1 Å². The van der Waals surface area contributed by atoms with Crippen LogP contribution in [0.4, 0.5) is 5.82 Å². The Balaban J connectivity index is 2.15. The Labute approximate surface area is 97.1 Å². The summed E-state index contributed by atoms with van der Waals surface area (Å²) in [6, 6.07) is 2.12. The third-order valence-corrected chi connectivity index (χ3v) is 2.93. The largest absolute Gasteiger partial charge is 0.355 e. The zero-order chi connectivity index (χ0) is 11.4. The first-order chi connectivity index (χ1) is 7.77. The molecule has 0 unspecified atom stereocenters. The summed E-state index contributed by atoms with van der Waals surface area (Å²) >= 11 is 0. The van der Waals surface area contributed by atoms with E-state index in [1.807, 2.05) is 0 Å². The Morgan fingerprint density at radius 1 is 1.25 bits per heavy atom. The minimum atomic E-state index is 0.465. The number of rotatable bonds is 2. The van der Waals surface area contributed by atoms with Gasteiger partial charge in [0, 0.05) is 31.4 Å². The fourth-order valence-electron chi connectivity index (χ4n) is 1.93. The van der Waals surface area contributed by atoms with E-state index in [0.717, 1.165) is 37.7 Å². The van der Waals surface area contributed by atoms with Crippen molar-refractivity contribution in [3.63, 3.8) is 0 Å². The molecule has 2 heterocycles. The van der Waals surface area contributed by atoms with Gasteiger partial charge < -0.3 is 10.2 Å². The molecular formula is C12H20N4. The summed E-state index contributed by atoms with van der Waals surface area (Å²) in [5, 5.41) is 3.40. The molecule has 0 atom stereocenters. The van der Waals surface area contributed by atoms with Gasteiger partial charge >= 0.3 is 0 Å². The molecule has 0 spiro atoms. The van der Waals surface area contributed by atoms with Crippen molar-refractivity contribution in [2.24, 2.45) is 0 Å². The molecule has 1 aliphatic heterocycles. The van der Waals surface area contributed by atoms with Crippen molar-refractivity contribution in [2.45, 2.75) is 26.2 Å². The zero-order valence-electron chi connectivity index (χ0n) is 10.1. The van der Waals surface area contributed by atoms with Crippen molar-refractivity contribution in [1.29, 1.82) is 0 Å². The molecule has 1 aliphatic rings. The van der Waals surface area contributed by atoms with E-state index in [1.54, 1.807) is 6.33 Å². The Morgan fingerprint density at radius 2 is 2.12 bits per heavy atom. The van der Waals surface area contributed by atoms with Gasteiger partial charge in [-0.25, -0.2) is 9.97 Å². The van der Waals surface area contributed by atoms with Gasteiger partial charge in [-0.05, 0) is 18.9 Å². The fraction of sp³-hybridized carbons (Fsp3) is 0.667. The summed E-state index contributed by atoms with van der Waals surface area (Å²) in [7, 11) is 0. The first kappa shape index (κ1) is 11.3. The number of anilines is 1. The monoisotopic (exact) mass is 220 g/mol. The van der Waals surface area contributed by atoms with Crippen molar-refractivity contribution in [3.05, 3.63) is 18.1 Å². The maximum atomic E-state index is 4.37. The van der Waals surface area contributed by atoms with Crippen LogP contribution >= 0.6 is 0 Å². The lowest BCUT2D eigenvalue weighted by molar-refractivity contribution is 0.724. The molecule has 1 saturated heterocycles. The van der Waals surface area contributed by atoms with E-state index in [0.29, 0.717) is 5.92 Å². The van der Waals surface area contributed by atoms with Crippen LogP contribution in [0.5, 0.6) is 0 Å². The van der Waals surface area contributed by atoms with Gasteiger partial charge in [-0.1, -0.05) is 13.8 Å². The van der Waals surface area contributed by atoms with E-state index in [1.165, 1.54) is 6.42 Å². The van der Waals surface area contributed by atoms with Crippen LogP contribution in [-0.4, -0.2) is 36.1 Å². The highest BCUT2D eigenvalue weighted by Gasteiger charge is 2.12. The maximum absolute atomic E-state index is 4.37. The van der Waals surface area contributed by atoms with E-state index in [4.69, 9.17) is 0 Å². The molecule has 16 heavy (non-hydrogen) atoms. The number of hydrogen-bond donors (Lipinski definition) is 1. The average molecular weight is 220 g/mol. The third-order valence-electron chi connectivity index (χ3n) is 2.93. The Bertz CT molecular complexity index is 330. The molecule has 0 bridgehead atoms. The summed E-state index contributed by atoms with van der Waals surface area (Å²) < 4.78 is 0. The standard InChI is InChI=1S/C12H20N4/c1-10(2)11-8-12(15-9-14-11)16-6-3-4-13-5-7-16/h8-10,13H,3-7H2,1-2H3. The normalized spacial score (nSPS) is 17.6. The van der Waals surface area contributed by atoms with Crippen LogP contribution in [0.3, 0.4) is 0 Å². The molecule has 2 rings (SSSR count). The van der Waals surface area contributed by atoms with Crippen LogP contribution < -0.4 is 10.2 Å². The first-order valence-electron chi connectivity index (χ1n) is 6.05. The number of hydrogen-bond acceptors (Lipinski definition) is 4. The average Bonchev–Trinajstić information content (AvgIpc) is 2.57. The van der Waals surface area contributed by atoms with E-state index < -0.39 is 0 Å². The maximum Gasteiger partial charge on any atom is 0.132 e. The smallest absolute Gasteiger partial charge is 0.132 e. The van der Waals surface area contributed by atoms with Crippen LogP contribution in [0.1, 0.15) is 31.9 Å². The van der Waals surface area contributed by atoms with Gasteiger partial charge in [0.2, 0.25) is 0 Å². The molecule has 0 saturated carbocycles. The number of nitrogens with zero attached hydrogens (tertiary/aromatic N) is 3. The van der Waals surface area contributed by atoms with E-state index in [2.05, 4.69) is 40.1 Å². The van der Waals surface area contributed by atoms with Gasteiger partial charge in [0.15, 0.2) is 0 Å². The lowest BCUT2D eigenvalue weighted by Crippen LogP contribution is -2.28. The zero-order valence-corrected chi connectivity index (χ0v) is 10.1. The molecule has 1 aromatic heterocycles.